The number of aromatic nitrogens is 1. The van der Waals surface area contributed by atoms with Gasteiger partial charge in [-0.2, -0.15) is 0 Å². The number of thiazole rings is 1. The second-order valence-corrected chi connectivity index (χ2v) is 6.37. The topological polar surface area (TPSA) is 59.2 Å². The van der Waals surface area contributed by atoms with Gasteiger partial charge in [0.2, 0.25) is 0 Å². The zero-order valence-corrected chi connectivity index (χ0v) is 15.1. The number of nitrogens with two attached hydrogens (primary N) is 1. The molecule has 1 aromatic carbocycles. The van der Waals surface area contributed by atoms with Gasteiger partial charge in [0.1, 0.15) is 5.69 Å². The van der Waals surface area contributed by atoms with Crippen LogP contribution < -0.4 is 5.73 Å². The van der Waals surface area contributed by atoms with E-state index in [0.717, 1.165) is 30.9 Å². The molecule has 1 aliphatic heterocycles. The number of hydrogen-bond acceptors (Lipinski definition) is 4. The molecule has 0 saturated carbocycles. The normalized spacial score (nSPS) is 16.6. The highest BCUT2D eigenvalue weighted by Gasteiger charge is 2.27. The Morgan fingerprint density at radius 1 is 1.30 bits per heavy atom. The molecule has 0 spiro atoms. The van der Waals surface area contributed by atoms with Crippen molar-refractivity contribution in [2.24, 2.45) is 11.7 Å². The van der Waals surface area contributed by atoms with Gasteiger partial charge < -0.3 is 10.6 Å². The minimum atomic E-state index is 0. The molecule has 1 amide bonds. The highest BCUT2D eigenvalue weighted by Crippen LogP contribution is 2.20. The molecule has 3 rings (SSSR count). The molecule has 7 heteroatoms. The molecule has 1 atom stereocenters. The first-order valence-corrected chi connectivity index (χ1v) is 8.12. The van der Waals surface area contributed by atoms with Crippen LogP contribution in [0, 0.1) is 5.92 Å². The summed E-state index contributed by atoms with van der Waals surface area (Å²) in [6.07, 6.45) is 1.79. The van der Waals surface area contributed by atoms with Gasteiger partial charge in [0.05, 0.1) is 5.01 Å². The molecule has 0 bridgehead atoms. The molecule has 1 fully saturated rings. The molecule has 2 heterocycles. The predicted molar refractivity (Wildman–Crippen MR) is 98.9 cm³/mol. The summed E-state index contributed by atoms with van der Waals surface area (Å²) in [5.74, 6) is 0.484. The van der Waals surface area contributed by atoms with Crippen LogP contribution in [0.15, 0.2) is 35.7 Å². The lowest BCUT2D eigenvalue weighted by molar-refractivity contribution is 0.0782. The van der Waals surface area contributed by atoms with E-state index in [9.17, 15) is 4.79 Å². The summed E-state index contributed by atoms with van der Waals surface area (Å²) in [4.78, 5) is 18.8. The van der Waals surface area contributed by atoms with Gasteiger partial charge in [-0.1, -0.05) is 30.3 Å². The Kier molecular flexibility index (Phi) is 7.99. The monoisotopic (exact) mass is 373 g/mol. The molecule has 1 unspecified atom stereocenters. The molecule has 1 aromatic heterocycles. The number of carbonyl (C=O) groups is 1. The van der Waals surface area contributed by atoms with Crippen LogP contribution in [0.25, 0.3) is 0 Å². The number of rotatable bonds is 4. The van der Waals surface area contributed by atoms with Gasteiger partial charge in [0.25, 0.3) is 5.91 Å². The SMILES string of the molecule is Cl.Cl.NCC1CCN(C(=O)c2csc(Cc3ccccc3)n2)C1. The smallest absolute Gasteiger partial charge is 0.273 e. The lowest BCUT2D eigenvalue weighted by Gasteiger charge is -2.14. The van der Waals surface area contributed by atoms with Crippen molar-refractivity contribution in [3.05, 3.63) is 52.0 Å². The highest BCUT2D eigenvalue weighted by molar-refractivity contribution is 7.09. The van der Waals surface area contributed by atoms with Gasteiger partial charge in [0.15, 0.2) is 0 Å². The van der Waals surface area contributed by atoms with Gasteiger partial charge >= 0.3 is 0 Å². The Bertz CT molecular complexity index is 621. The molecule has 4 nitrogen and oxygen atoms in total. The minimum absolute atomic E-state index is 0. The average molecular weight is 374 g/mol. The van der Waals surface area contributed by atoms with E-state index in [1.54, 1.807) is 11.3 Å². The third-order valence-electron chi connectivity index (χ3n) is 3.88. The van der Waals surface area contributed by atoms with E-state index < -0.39 is 0 Å². The Labute approximate surface area is 152 Å². The largest absolute Gasteiger partial charge is 0.337 e. The number of halogens is 2. The molecule has 0 aliphatic carbocycles. The molecule has 1 saturated heterocycles. The van der Waals surface area contributed by atoms with Crippen molar-refractivity contribution in [1.82, 2.24) is 9.88 Å². The Balaban J connectivity index is 0.00000132. The number of nitrogens with zero attached hydrogens (tertiary/aromatic N) is 2. The van der Waals surface area contributed by atoms with E-state index in [1.807, 2.05) is 28.5 Å². The van der Waals surface area contributed by atoms with Crippen molar-refractivity contribution in [3.8, 4) is 0 Å². The van der Waals surface area contributed by atoms with Crippen LogP contribution in [0.1, 0.15) is 27.5 Å². The highest BCUT2D eigenvalue weighted by atomic mass is 35.5. The van der Waals surface area contributed by atoms with Crippen molar-refractivity contribution < 1.29 is 4.79 Å². The second kappa shape index (κ2) is 9.23. The third-order valence-corrected chi connectivity index (χ3v) is 4.72. The third kappa shape index (κ3) is 4.91. The van der Waals surface area contributed by atoms with Crippen LogP contribution in [0.3, 0.4) is 0 Å². The maximum absolute atomic E-state index is 12.4. The second-order valence-electron chi connectivity index (χ2n) is 5.43. The predicted octanol–water partition coefficient (Wildman–Crippen LogP) is 3.00. The first-order valence-electron chi connectivity index (χ1n) is 7.24. The fourth-order valence-electron chi connectivity index (χ4n) is 2.63. The maximum atomic E-state index is 12.4. The van der Waals surface area contributed by atoms with Crippen LogP contribution in [-0.4, -0.2) is 35.4 Å². The number of amides is 1. The summed E-state index contributed by atoms with van der Waals surface area (Å²) in [6.45, 7) is 2.22. The Morgan fingerprint density at radius 3 is 2.70 bits per heavy atom. The van der Waals surface area contributed by atoms with E-state index in [2.05, 4.69) is 17.1 Å². The molecule has 23 heavy (non-hydrogen) atoms. The Morgan fingerprint density at radius 2 is 2.04 bits per heavy atom. The summed E-state index contributed by atoms with van der Waals surface area (Å²) < 4.78 is 0. The van der Waals surface area contributed by atoms with Crippen molar-refractivity contribution in [3.63, 3.8) is 0 Å². The van der Waals surface area contributed by atoms with Crippen molar-refractivity contribution in [1.29, 1.82) is 0 Å². The fraction of sp³-hybridized carbons (Fsp3) is 0.375. The summed E-state index contributed by atoms with van der Waals surface area (Å²) >= 11 is 1.55. The number of benzene rings is 1. The van der Waals surface area contributed by atoms with Crippen LogP contribution in [0.4, 0.5) is 0 Å². The van der Waals surface area contributed by atoms with Crippen LogP contribution in [-0.2, 0) is 6.42 Å². The van der Waals surface area contributed by atoms with Crippen LogP contribution >= 0.6 is 36.2 Å². The number of likely N-dealkylation sites (tertiary alicyclic amines) is 1. The lowest BCUT2D eigenvalue weighted by Crippen LogP contribution is -2.30. The summed E-state index contributed by atoms with van der Waals surface area (Å²) in [6, 6.07) is 10.2. The standard InChI is InChI=1S/C16H19N3OS.2ClH/c17-9-13-6-7-19(10-13)16(20)14-11-21-15(18-14)8-12-4-2-1-3-5-12;;/h1-5,11,13H,6-10,17H2;2*1H. The lowest BCUT2D eigenvalue weighted by atomic mass is 10.1. The van der Waals surface area contributed by atoms with Gasteiger partial charge in [-0.25, -0.2) is 4.98 Å². The molecular weight excluding hydrogens is 353 g/mol. The quantitative estimate of drug-likeness (QED) is 0.895. The van der Waals surface area contributed by atoms with E-state index >= 15 is 0 Å². The number of carbonyl (C=O) groups excluding carboxylic acids is 1. The van der Waals surface area contributed by atoms with Crippen LogP contribution in [0.5, 0.6) is 0 Å². The molecule has 2 N–H and O–H groups in total. The maximum Gasteiger partial charge on any atom is 0.273 e. The van der Waals surface area contributed by atoms with Gasteiger partial charge in [-0.05, 0) is 24.4 Å². The van der Waals surface area contributed by atoms with E-state index in [-0.39, 0.29) is 30.7 Å². The van der Waals surface area contributed by atoms with Gasteiger partial charge in [0, 0.05) is 24.9 Å². The number of hydrogen-bond donors (Lipinski definition) is 1. The van der Waals surface area contributed by atoms with Crippen molar-refractivity contribution >= 4 is 42.1 Å². The molecule has 1 aliphatic rings. The Hall–Kier alpha value is -1.14. The van der Waals surface area contributed by atoms with E-state index in [1.165, 1.54) is 5.56 Å². The molecule has 126 valence electrons. The summed E-state index contributed by atoms with van der Waals surface area (Å²) in [7, 11) is 0. The summed E-state index contributed by atoms with van der Waals surface area (Å²) in [5.41, 5.74) is 7.46. The van der Waals surface area contributed by atoms with Crippen LogP contribution in [0.2, 0.25) is 0 Å². The van der Waals surface area contributed by atoms with Crippen molar-refractivity contribution in [2.45, 2.75) is 12.8 Å². The van der Waals surface area contributed by atoms with Crippen molar-refractivity contribution in [2.75, 3.05) is 19.6 Å². The zero-order chi connectivity index (χ0) is 14.7. The first-order chi connectivity index (χ1) is 10.3. The van der Waals surface area contributed by atoms with Gasteiger partial charge in [-0.3, -0.25) is 4.79 Å². The molecular formula is C16H21Cl2N3OS. The average Bonchev–Trinajstić information content (AvgIpc) is 3.16. The van der Waals surface area contributed by atoms with E-state index in [0.29, 0.717) is 18.2 Å². The minimum Gasteiger partial charge on any atom is -0.337 e. The van der Waals surface area contributed by atoms with E-state index in [4.69, 9.17) is 5.73 Å². The summed E-state index contributed by atoms with van der Waals surface area (Å²) in [5, 5.41) is 2.86. The van der Waals surface area contributed by atoms with Gasteiger partial charge in [-0.15, -0.1) is 36.2 Å². The first kappa shape index (κ1) is 19.9. The zero-order valence-electron chi connectivity index (χ0n) is 12.7. The fourth-order valence-corrected chi connectivity index (χ4v) is 3.43. The molecule has 0 radical (unpaired) electrons. The molecule has 2 aromatic rings.